The summed E-state index contributed by atoms with van der Waals surface area (Å²) >= 11 is 6.02. The molecular formula is C29H31ClF3N3O4S. The molecule has 2 amide bonds. The molecule has 7 nitrogen and oxygen atoms in total. The van der Waals surface area contributed by atoms with E-state index in [1.54, 1.807) is 62.4 Å². The van der Waals surface area contributed by atoms with Crippen molar-refractivity contribution in [3.8, 4) is 0 Å². The highest BCUT2D eigenvalue weighted by Crippen LogP contribution is 2.32. The van der Waals surface area contributed by atoms with Gasteiger partial charge < -0.3 is 10.2 Å². The molecule has 0 spiro atoms. The van der Waals surface area contributed by atoms with E-state index in [1.807, 2.05) is 6.07 Å². The predicted molar refractivity (Wildman–Crippen MR) is 153 cm³/mol. The second kappa shape index (κ2) is 13.4. The topological polar surface area (TPSA) is 86.8 Å². The van der Waals surface area contributed by atoms with Crippen LogP contribution in [-0.2, 0) is 38.8 Å². The fourth-order valence-corrected chi connectivity index (χ4v) is 5.14. The van der Waals surface area contributed by atoms with E-state index >= 15 is 0 Å². The van der Waals surface area contributed by atoms with E-state index in [1.165, 1.54) is 11.0 Å². The maximum absolute atomic E-state index is 13.9. The maximum Gasteiger partial charge on any atom is 0.416 e. The van der Waals surface area contributed by atoms with Crippen LogP contribution >= 0.6 is 11.6 Å². The molecule has 3 aromatic carbocycles. The Morgan fingerprint density at radius 3 is 2.12 bits per heavy atom. The summed E-state index contributed by atoms with van der Waals surface area (Å²) in [5, 5.41) is 3.28. The van der Waals surface area contributed by atoms with Crippen LogP contribution in [0.3, 0.4) is 0 Å². The molecule has 0 aliphatic heterocycles. The molecule has 1 unspecified atom stereocenters. The number of anilines is 1. The molecule has 3 rings (SSSR count). The van der Waals surface area contributed by atoms with Crippen molar-refractivity contribution in [3.63, 3.8) is 0 Å². The summed E-state index contributed by atoms with van der Waals surface area (Å²) in [4.78, 5) is 28.7. The highest BCUT2D eigenvalue weighted by atomic mass is 35.5. The summed E-state index contributed by atoms with van der Waals surface area (Å²) in [5.41, 5.74) is -0.0213. The number of halogens is 4. The lowest BCUT2D eigenvalue weighted by atomic mass is 10.0. The van der Waals surface area contributed by atoms with Crippen molar-refractivity contribution < 1.29 is 31.2 Å². The van der Waals surface area contributed by atoms with E-state index in [4.69, 9.17) is 11.6 Å². The average molecular weight is 610 g/mol. The van der Waals surface area contributed by atoms with E-state index in [0.29, 0.717) is 21.0 Å². The van der Waals surface area contributed by atoms with Gasteiger partial charge in [0.1, 0.15) is 12.6 Å². The lowest BCUT2D eigenvalue weighted by Crippen LogP contribution is -2.54. The van der Waals surface area contributed by atoms with Crippen LogP contribution < -0.4 is 9.62 Å². The molecule has 12 heteroatoms. The third-order valence-corrected chi connectivity index (χ3v) is 7.50. The zero-order valence-electron chi connectivity index (χ0n) is 22.7. The number of sulfonamides is 1. The minimum atomic E-state index is -4.72. The van der Waals surface area contributed by atoms with E-state index in [0.717, 1.165) is 24.0 Å². The first-order valence-corrected chi connectivity index (χ1v) is 14.9. The molecule has 1 N–H and O–H groups in total. The number of nitrogens with zero attached hydrogens (tertiary/aromatic N) is 2. The van der Waals surface area contributed by atoms with Gasteiger partial charge in [0.2, 0.25) is 21.8 Å². The number of carbonyl (C=O) groups is 2. The fourth-order valence-electron chi connectivity index (χ4n) is 4.17. The molecule has 220 valence electrons. The van der Waals surface area contributed by atoms with Gasteiger partial charge in [-0.25, -0.2) is 8.42 Å². The molecule has 0 aromatic heterocycles. The van der Waals surface area contributed by atoms with Crippen LogP contribution in [0.5, 0.6) is 0 Å². The number of hydrogen-bond acceptors (Lipinski definition) is 4. The van der Waals surface area contributed by atoms with E-state index < -0.39 is 46.2 Å². The molecule has 0 heterocycles. The largest absolute Gasteiger partial charge is 0.416 e. The van der Waals surface area contributed by atoms with Crippen LogP contribution in [0.15, 0.2) is 78.9 Å². The molecule has 1 atom stereocenters. The predicted octanol–water partition coefficient (Wildman–Crippen LogP) is 5.29. The highest BCUT2D eigenvalue weighted by molar-refractivity contribution is 7.92. The standard InChI is InChI=1S/C29H31ClF3N3O4S/c1-20(2)34-28(38)26(16-21-8-5-4-6-9-21)35(18-22-12-14-24(30)15-13-22)27(37)19-36(41(3,39)40)25-11-7-10-23(17-25)29(31,32)33/h4-15,17,20,26H,16,18-19H2,1-3H3,(H,34,38). The Labute approximate surface area is 243 Å². The van der Waals surface area contributed by atoms with Crippen molar-refractivity contribution in [2.75, 3.05) is 17.1 Å². The molecule has 0 fully saturated rings. The number of rotatable bonds is 11. The summed E-state index contributed by atoms with van der Waals surface area (Å²) < 4.78 is 66.3. The van der Waals surface area contributed by atoms with Gasteiger partial charge in [-0.3, -0.25) is 13.9 Å². The van der Waals surface area contributed by atoms with Crippen LogP contribution in [0.4, 0.5) is 18.9 Å². The molecule has 3 aromatic rings. The second-order valence-electron chi connectivity index (χ2n) is 9.83. The van der Waals surface area contributed by atoms with Gasteiger partial charge in [0, 0.05) is 24.0 Å². The summed E-state index contributed by atoms with van der Waals surface area (Å²) in [6.45, 7) is 2.62. The minimum Gasteiger partial charge on any atom is -0.352 e. The number of alkyl halides is 3. The summed E-state index contributed by atoms with van der Waals surface area (Å²) in [5.74, 6) is -1.24. The Morgan fingerprint density at radius 1 is 0.927 bits per heavy atom. The summed E-state index contributed by atoms with van der Waals surface area (Å²) in [7, 11) is -4.21. The van der Waals surface area contributed by atoms with Crippen molar-refractivity contribution in [2.45, 2.75) is 45.1 Å². The van der Waals surface area contributed by atoms with Crippen LogP contribution in [0, 0.1) is 0 Å². The van der Waals surface area contributed by atoms with Gasteiger partial charge in [0.05, 0.1) is 17.5 Å². The van der Waals surface area contributed by atoms with Crippen LogP contribution in [0.2, 0.25) is 5.02 Å². The number of carbonyl (C=O) groups excluding carboxylic acids is 2. The van der Waals surface area contributed by atoms with Gasteiger partial charge in [0.25, 0.3) is 0 Å². The highest BCUT2D eigenvalue weighted by Gasteiger charge is 2.35. The lowest BCUT2D eigenvalue weighted by molar-refractivity contribution is -0.140. The van der Waals surface area contributed by atoms with Gasteiger partial charge in [-0.2, -0.15) is 13.2 Å². The Balaban J connectivity index is 2.07. The second-order valence-corrected chi connectivity index (χ2v) is 12.2. The van der Waals surface area contributed by atoms with Crippen LogP contribution in [0.1, 0.15) is 30.5 Å². The molecular weight excluding hydrogens is 579 g/mol. The molecule has 0 radical (unpaired) electrons. The van der Waals surface area contributed by atoms with E-state index in [9.17, 15) is 31.2 Å². The van der Waals surface area contributed by atoms with Gasteiger partial charge in [-0.05, 0) is 55.3 Å². The SMILES string of the molecule is CC(C)NC(=O)C(Cc1ccccc1)N(Cc1ccc(Cl)cc1)C(=O)CN(c1cccc(C(F)(F)F)c1)S(C)(=O)=O. The van der Waals surface area contributed by atoms with Crippen molar-refractivity contribution >= 4 is 39.1 Å². The summed E-state index contributed by atoms with van der Waals surface area (Å²) in [6, 6.07) is 18.0. The first-order chi connectivity index (χ1) is 19.1. The molecule has 0 aliphatic carbocycles. The Hall–Kier alpha value is -3.57. The molecule has 0 aliphatic rings. The molecule has 0 bridgehead atoms. The average Bonchev–Trinajstić information content (AvgIpc) is 2.89. The zero-order chi connectivity index (χ0) is 30.4. The van der Waals surface area contributed by atoms with Gasteiger partial charge in [-0.15, -0.1) is 0 Å². The van der Waals surface area contributed by atoms with Crippen molar-refractivity contribution in [1.82, 2.24) is 10.2 Å². The Bertz CT molecular complexity index is 1450. The van der Waals surface area contributed by atoms with Crippen LogP contribution in [0.25, 0.3) is 0 Å². The number of hydrogen-bond donors (Lipinski definition) is 1. The molecule has 0 saturated heterocycles. The quantitative estimate of drug-likeness (QED) is 0.320. The summed E-state index contributed by atoms with van der Waals surface area (Å²) in [6.07, 6.45) is -3.81. The monoisotopic (exact) mass is 609 g/mol. The number of amides is 2. The maximum atomic E-state index is 13.9. The molecule has 41 heavy (non-hydrogen) atoms. The smallest absolute Gasteiger partial charge is 0.352 e. The number of nitrogens with one attached hydrogen (secondary N) is 1. The van der Waals surface area contributed by atoms with Gasteiger partial charge >= 0.3 is 6.18 Å². The minimum absolute atomic E-state index is 0.0841. The Morgan fingerprint density at radius 2 is 1.56 bits per heavy atom. The normalized spacial score (nSPS) is 12.6. The third kappa shape index (κ3) is 9.22. The number of benzene rings is 3. The molecule has 0 saturated carbocycles. The Kier molecular flexibility index (Phi) is 10.4. The van der Waals surface area contributed by atoms with Crippen molar-refractivity contribution in [1.29, 1.82) is 0 Å². The van der Waals surface area contributed by atoms with Gasteiger partial charge in [0.15, 0.2) is 0 Å². The van der Waals surface area contributed by atoms with E-state index in [2.05, 4.69) is 5.32 Å². The fraction of sp³-hybridized carbons (Fsp3) is 0.310. The van der Waals surface area contributed by atoms with Gasteiger partial charge in [-0.1, -0.05) is 60.1 Å². The van der Waals surface area contributed by atoms with Crippen LogP contribution in [-0.4, -0.2) is 50.0 Å². The lowest BCUT2D eigenvalue weighted by Gasteiger charge is -2.34. The third-order valence-electron chi connectivity index (χ3n) is 6.11. The first kappa shape index (κ1) is 32.0. The van der Waals surface area contributed by atoms with E-state index in [-0.39, 0.29) is 24.7 Å². The van der Waals surface area contributed by atoms with Crippen molar-refractivity contribution in [3.05, 3.63) is 101 Å². The first-order valence-electron chi connectivity index (χ1n) is 12.7. The van der Waals surface area contributed by atoms with Crippen molar-refractivity contribution in [2.24, 2.45) is 0 Å². The zero-order valence-corrected chi connectivity index (χ0v) is 24.3.